The molecule has 0 fully saturated rings. The highest BCUT2D eigenvalue weighted by atomic mass is 35.5. The summed E-state index contributed by atoms with van der Waals surface area (Å²) in [5, 5.41) is 0. The lowest BCUT2D eigenvalue weighted by Crippen LogP contribution is -2.32. The van der Waals surface area contributed by atoms with Gasteiger partial charge in [-0.05, 0) is 25.5 Å². The second-order valence-electron chi connectivity index (χ2n) is 6.93. The van der Waals surface area contributed by atoms with Gasteiger partial charge in [0.1, 0.15) is 0 Å². The molecule has 0 unspecified atom stereocenters. The molecular formula is C23H29Cl2N3O2. The molecule has 2 N–H and O–H groups in total. The van der Waals surface area contributed by atoms with Crippen molar-refractivity contribution in [1.82, 2.24) is 9.88 Å². The van der Waals surface area contributed by atoms with Crippen molar-refractivity contribution in [2.45, 2.75) is 32.7 Å². The fourth-order valence-corrected chi connectivity index (χ4v) is 3.03. The predicted octanol–water partition coefficient (Wildman–Crippen LogP) is 4.80. The van der Waals surface area contributed by atoms with Gasteiger partial charge in [0, 0.05) is 31.5 Å². The highest BCUT2D eigenvalue weighted by Crippen LogP contribution is 2.21. The van der Waals surface area contributed by atoms with E-state index in [0.29, 0.717) is 38.4 Å². The number of nitrogens with zero attached hydrogens (tertiary/aromatic N) is 2. The molecule has 0 aliphatic carbocycles. The lowest BCUT2D eigenvalue weighted by molar-refractivity contribution is -0.131. The minimum atomic E-state index is 0. The second-order valence-corrected chi connectivity index (χ2v) is 6.93. The van der Waals surface area contributed by atoms with E-state index in [1.807, 2.05) is 66.4 Å². The zero-order chi connectivity index (χ0) is 19.8. The Kier molecular flexibility index (Phi) is 11.2. The molecule has 1 heterocycles. The van der Waals surface area contributed by atoms with E-state index in [-0.39, 0.29) is 30.7 Å². The van der Waals surface area contributed by atoms with Crippen molar-refractivity contribution in [3.05, 3.63) is 77.8 Å². The summed E-state index contributed by atoms with van der Waals surface area (Å²) in [6.45, 7) is 3.87. The Morgan fingerprint density at radius 2 is 1.77 bits per heavy atom. The first-order valence-electron chi connectivity index (χ1n) is 9.69. The van der Waals surface area contributed by atoms with Crippen molar-refractivity contribution in [3.8, 4) is 11.3 Å². The average Bonchev–Trinajstić information content (AvgIpc) is 3.19. The van der Waals surface area contributed by atoms with Crippen LogP contribution in [0.25, 0.3) is 11.3 Å². The van der Waals surface area contributed by atoms with Crippen LogP contribution in [0.4, 0.5) is 0 Å². The zero-order valence-corrected chi connectivity index (χ0v) is 18.8. The van der Waals surface area contributed by atoms with Crippen LogP contribution in [0.1, 0.15) is 29.9 Å². The van der Waals surface area contributed by atoms with Crippen molar-refractivity contribution in [1.29, 1.82) is 0 Å². The number of nitrogens with two attached hydrogens (primary N) is 1. The Bertz CT molecular complexity index is 883. The number of carbonyl (C=O) groups is 1. The summed E-state index contributed by atoms with van der Waals surface area (Å²) in [6.07, 6.45) is 3.36. The van der Waals surface area contributed by atoms with Crippen LogP contribution in [-0.4, -0.2) is 28.9 Å². The molecule has 0 aliphatic heterocycles. The van der Waals surface area contributed by atoms with Gasteiger partial charge in [0.15, 0.2) is 11.7 Å². The van der Waals surface area contributed by atoms with Gasteiger partial charge in [0.25, 0.3) is 0 Å². The second kappa shape index (κ2) is 13.1. The van der Waals surface area contributed by atoms with Gasteiger partial charge in [-0.3, -0.25) is 4.79 Å². The number of hydrogen-bond donors (Lipinski definition) is 1. The molecule has 0 bridgehead atoms. The highest BCUT2D eigenvalue weighted by Gasteiger charge is 2.15. The smallest absolute Gasteiger partial charge is 0.223 e. The van der Waals surface area contributed by atoms with Crippen LogP contribution >= 0.6 is 24.8 Å². The Morgan fingerprint density at radius 3 is 2.43 bits per heavy atom. The fourth-order valence-electron chi connectivity index (χ4n) is 3.03. The Balaban J connectivity index is 0.00000225. The fraction of sp³-hybridized carbons (Fsp3) is 0.304. The van der Waals surface area contributed by atoms with Crippen molar-refractivity contribution in [2.75, 3.05) is 13.1 Å². The monoisotopic (exact) mass is 449 g/mol. The zero-order valence-electron chi connectivity index (χ0n) is 17.1. The molecule has 5 nitrogen and oxygen atoms in total. The largest absolute Gasteiger partial charge is 0.441 e. The first kappa shape index (κ1) is 25.7. The van der Waals surface area contributed by atoms with Crippen LogP contribution in [0.2, 0.25) is 0 Å². The highest BCUT2D eigenvalue weighted by molar-refractivity contribution is 5.85. The van der Waals surface area contributed by atoms with Gasteiger partial charge in [-0.25, -0.2) is 4.98 Å². The van der Waals surface area contributed by atoms with Crippen LogP contribution in [0.5, 0.6) is 0 Å². The van der Waals surface area contributed by atoms with Crippen LogP contribution < -0.4 is 5.73 Å². The third-order valence-corrected chi connectivity index (χ3v) is 4.64. The number of hydrogen-bond acceptors (Lipinski definition) is 4. The number of benzene rings is 2. The Labute approximate surface area is 190 Å². The molecule has 7 heteroatoms. The van der Waals surface area contributed by atoms with Gasteiger partial charge in [-0.15, -0.1) is 24.8 Å². The molecule has 30 heavy (non-hydrogen) atoms. The normalized spacial score (nSPS) is 10.1. The van der Waals surface area contributed by atoms with Gasteiger partial charge in [0.2, 0.25) is 5.91 Å². The van der Waals surface area contributed by atoms with E-state index in [0.717, 1.165) is 23.3 Å². The lowest BCUT2D eigenvalue weighted by Gasteiger charge is -2.22. The number of aryl methyl sites for hydroxylation is 2. The van der Waals surface area contributed by atoms with Crippen molar-refractivity contribution >= 4 is 30.7 Å². The molecule has 3 aromatic rings. The molecule has 1 amide bonds. The third-order valence-electron chi connectivity index (χ3n) is 4.64. The number of halogens is 2. The number of rotatable bonds is 9. The maximum absolute atomic E-state index is 12.8. The van der Waals surface area contributed by atoms with E-state index in [9.17, 15) is 4.79 Å². The minimum absolute atomic E-state index is 0. The van der Waals surface area contributed by atoms with E-state index in [2.05, 4.69) is 4.98 Å². The minimum Gasteiger partial charge on any atom is -0.441 e. The topological polar surface area (TPSA) is 72.4 Å². The molecule has 1 aromatic heterocycles. The summed E-state index contributed by atoms with van der Waals surface area (Å²) < 4.78 is 5.84. The summed E-state index contributed by atoms with van der Waals surface area (Å²) in [6, 6.07) is 18.1. The predicted molar refractivity (Wildman–Crippen MR) is 125 cm³/mol. The third kappa shape index (κ3) is 7.48. The molecule has 0 atom stereocenters. The quantitative estimate of drug-likeness (QED) is 0.508. The van der Waals surface area contributed by atoms with Crippen LogP contribution in [0.3, 0.4) is 0 Å². The first-order valence-corrected chi connectivity index (χ1v) is 9.69. The Morgan fingerprint density at radius 1 is 1.07 bits per heavy atom. The van der Waals surface area contributed by atoms with Crippen molar-refractivity contribution in [3.63, 3.8) is 0 Å². The maximum atomic E-state index is 12.8. The molecule has 0 saturated heterocycles. The van der Waals surface area contributed by atoms with E-state index in [1.54, 1.807) is 6.20 Å². The average molecular weight is 450 g/mol. The van der Waals surface area contributed by atoms with Crippen LogP contribution in [0, 0.1) is 6.92 Å². The van der Waals surface area contributed by atoms with Crippen LogP contribution in [0.15, 0.2) is 65.2 Å². The molecule has 2 aromatic carbocycles. The first-order chi connectivity index (χ1) is 13.7. The Hall–Kier alpha value is -2.34. The van der Waals surface area contributed by atoms with Gasteiger partial charge in [-0.1, -0.05) is 60.2 Å². The molecule has 0 aliphatic rings. The van der Waals surface area contributed by atoms with Crippen molar-refractivity contribution in [2.24, 2.45) is 5.73 Å². The maximum Gasteiger partial charge on any atom is 0.223 e. The molecule has 0 radical (unpaired) electrons. The SMILES string of the molecule is Cc1ccc(-c2cnc(CCC(=O)N(CCCN)Cc3ccccc3)o2)cc1.Cl.Cl. The van der Waals surface area contributed by atoms with Gasteiger partial charge < -0.3 is 15.1 Å². The molecular weight excluding hydrogens is 421 g/mol. The summed E-state index contributed by atoms with van der Waals surface area (Å²) in [5.74, 6) is 1.40. The number of amides is 1. The van der Waals surface area contributed by atoms with E-state index >= 15 is 0 Å². The van der Waals surface area contributed by atoms with Crippen LogP contribution in [-0.2, 0) is 17.8 Å². The summed E-state index contributed by atoms with van der Waals surface area (Å²) in [7, 11) is 0. The standard InChI is InChI=1S/C23H27N3O2.2ClH/c1-18-8-10-20(11-9-18)21-16-25-22(28-21)12-13-23(27)26(15-5-14-24)17-19-6-3-2-4-7-19;;/h2-4,6-11,16H,5,12-15,17,24H2,1H3;2*1H. The molecule has 0 saturated carbocycles. The van der Waals surface area contributed by atoms with E-state index in [1.165, 1.54) is 5.56 Å². The van der Waals surface area contributed by atoms with Gasteiger partial charge in [0.05, 0.1) is 6.20 Å². The van der Waals surface area contributed by atoms with E-state index in [4.69, 9.17) is 10.2 Å². The number of oxazole rings is 1. The number of carbonyl (C=O) groups excluding carboxylic acids is 1. The van der Waals surface area contributed by atoms with Gasteiger partial charge in [-0.2, -0.15) is 0 Å². The van der Waals surface area contributed by atoms with Crippen molar-refractivity contribution < 1.29 is 9.21 Å². The van der Waals surface area contributed by atoms with Gasteiger partial charge >= 0.3 is 0 Å². The molecule has 3 rings (SSSR count). The van der Waals surface area contributed by atoms with E-state index < -0.39 is 0 Å². The summed E-state index contributed by atoms with van der Waals surface area (Å²) in [4.78, 5) is 19.0. The lowest BCUT2D eigenvalue weighted by atomic mass is 10.1. The number of aromatic nitrogens is 1. The summed E-state index contributed by atoms with van der Waals surface area (Å²) in [5.41, 5.74) is 8.95. The molecule has 162 valence electrons. The molecule has 0 spiro atoms. The summed E-state index contributed by atoms with van der Waals surface area (Å²) >= 11 is 0.